The molecule has 19 heavy (non-hydrogen) atoms. The minimum absolute atomic E-state index is 0.134. The molecule has 0 spiro atoms. The Morgan fingerprint density at radius 1 is 1.47 bits per heavy atom. The van der Waals surface area contributed by atoms with Crippen LogP contribution in [-0.2, 0) is 0 Å². The number of thioether (sulfide) groups is 1. The number of hydrogen-bond donors (Lipinski definition) is 1. The van der Waals surface area contributed by atoms with Gasteiger partial charge in [-0.2, -0.15) is 11.8 Å². The Hall–Kier alpha value is -1.23. The van der Waals surface area contributed by atoms with Crippen molar-refractivity contribution in [3.63, 3.8) is 0 Å². The van der Waals surface area contributed by atoms with Gasteiger partial charge < -0.3 is 10.6 Å². The summed E-state index contributed by atoms with van der Waals surface area (Å²) in [5, 5.41) is 0.394. The monoisotopic (exact) mass is 282 g/mol. The molecule has 1 aliphatic rings. The number of anilines is 1. The first-order valence-corrected chi connectivity index (χ1v) is 7.45. The van der Waals surface area contributed by atoms with Gasteiger partial charge in [-0.1, -0.05) is 6.92 Å². The second-order valence-corrected chi connectivity index (χ2v) is 6.47. The van der Waals surface area contributed by atoms with Crippen LogP contribution in [0.4, 0.5) is 10.1 Å². The fraction of sp³-hybridized carbons (Fsp3) is 0.500. The van der Waals surface area contributed by atoms with Gasteiger partial charge >= 0.3 is 0 Å². The Morgan fingerprint density at radius 3 is 2.79 bits per heavy atom. The van der Waals surface area contributed by atoms with Gasteiger partial charge in [-0.05, 0) is 26.0 Å². The van der Waals surface area contributed by atoms with E-state index in [0.717, 1.165) is 5.75 Å². The number of nitrogens with two attached hydrogens (primary N) is 1. The van der Waals surface area contributed by atoms with Gasteiger partial charge in [0.2, 0.25) is 0 Å². The molecule has 2 atom stereocenters. The predicted molar refractivity (Wildman–Crippen MR) is 78.0 cm³/mol. The van der Waals surface area contributed by atoms with Crippen molar-refractivity contribution >= 4 is 23.4 Å². The summed E-state index contributed by atoms with van der Waals surface area (Å²) in [6.45, 7) is 6.45. The first-order valence-electron chi connectivity index (χ1n) is 6.40. The lowest BCUT2D eigenvalue weighted by atomic mass is 10.1. The number of halogens is 1. The SMILES string of the molecule is Cc1c(N)cc(C(=O)N2CCSC(C)C2C)cc1F. The zero-order chi connectivity index (χ0) is 14.2. The van der Waals surface area contributed by atoms with E-state index in [1.165, 1.54) is 6.07 Å². The Morgan fingerprint density at radius 2 is 2.16 bits per heavy atom. The number of amides is 1. The standard InChI is InChI=1S/C14H19FN2OS/c1-8-12(15)6-11(7-13(8)16)14(18)17-4-5-19-10(3)9(17)2/h6-7,9-10H,4-5,16H2,1-3H3. The quantitative estimate of drug-likeness (QED) is 0.806. The summed E-state index contributed by atoms with van der Waals surface area (Å²) in [4.78, 5) is 14.3. The maximum atomic E-state index is 13.7. The van der Waals surface area contributed by atoms with Crippen molar-refractivity contribution in [1.82, 2.24) is 4.90 Å². The van der Waals surface area contributed by atoms with Crippen LogP contribution in [0.15, 0.2) is 12.1 Å². The highest BCUT2D eigenvalue weighted by Gasteiger charge is 2.29. The molecule has 1 heterocycles. The Kier molecular flexibility index (Phi) is 4.04. The van der Waals surface area contributed by atoms with Crippen LogP contribution >= 0.6 is 11.8 Å². The predicted octanol–water partition coefficient (Wildman–Crippen LogP) is 2.68. The Balaban J connectivity index is 2.29. The van der Waals surface area contributed by atoms with E-state index in [1.807, 2.05) is 23.6 Å². The third-order valence-corrected chi connectivity index (χ3v) is 5.11. The highest BCUT2D eigenvalue weighted by Crippen LogP contribution is 2.26. The molecule has 1 aromatic carbocycles. The average Bonchev–Trinajstić information content (AvgIpc) is 2.38. The van der Waals surface area contributed by atoms with E-state index in [-0.39, 0.29) is 11.9 Å². The molecule has 2 rings (SSSR count). The minimum Gasteiger partial charge on any atom is -0.398 e. The van der Waals surface area contributed by atoms with Gasteiger partial charge in [0, 0.05) is 40.4 Å². The fourth-order valence-electron chi connectivity index (χ4n) is 2.21. The molecule has 0 aromatic heterocycles. The molecule has 2 N–H and O–H groups in total. The molecular formula is C14H19FN2OS. The number of carbonyl (C=O) groups excluding carboxylic acids is 1. The molecule has 1 amide bonds. The topological polar surface area (TPSA) is 46.3 Å². The van der Waals surface area contributed by atoms with Gasteiger partial charge in [0.05, 0.1) is 0 Å². The zero-order valence-electron chi connectivity index (χ0n) is 11.4. The molecule has 1 fully saturated rings. The second kappa shape index (κ2) is 5.41. The maximum absolute atomic E-state index is 13.7. The Bertz CT molecular complexity index is 483. The van der Waals surface area contributed by atoms with Crippen molar-refractivity contribution in [3.8, 4) is 0 Å². The number of carbonyl (C=O) groups is 1. The third-order valence-electron chi connectivity index (χ3n) is 3.78. The summed E-state index contributed by atoms with van der Waals surface area (Å²) in [6, 6.07) is 3.00. The van der Waals surface area contributed by atoms with Crippen LogP contribution < -0.4 is 5.73 Å². The van der Waals surface area contributed by atoms with Gasteiger partial charge in [0.15, 0.2) is 0 Å². The smallest absolute Gasteiger partial charge is 0.254 e. The van der Waals surface area contributed by atoms with E-state index in [1.54, 1.807) is 13.0 Å². The third kappa shape index (κ3) is 2.71. The number of hydrogen-bond acceptors (Lipinski definition) is 3. The lowest BCUT2D eigenvalue weighted by Crippen LogP contribution is -2.48. The van der Waals surface area contributed by atoms with Crippen LogP contribution in [0.25, 0.3) is 0 Å². The van der Waals surface area contributed by atoms with E-state index < -0.39 is 5.82 Å². The Labute approximate surface area is 117 Å². The molecule has 1 saturated heterocycles. The number of rotatable bonds is 1. The minimum atomic E-state index is -0.421. The largest absolute Gasteiger partial charge is 0.398 e. The molecule has 0 bridgehead atoms. The average molecular weight is 282 g/mol. The van der Waals surface area contributed by atoms with Crippen molar-refractivity contribution < 1.29 is 9.18 Å². The molecule has 1 aromatic rings. The van der Waals surface area contributed by atoms with Crippen LogP contribution in [0.1, 0.15) is 29.8 Å². The van der Waals surface area contributed by atoms with Crippen molar-refractivity contribution in [3.05, 3.63) is 29.1 Å². The number of benzene rings is 1. The first-order chi connectivity index (χ1) is 8.91. The van der Waals surface area contributed by atoms with Crippen molar-refractivity contribution in [1.29, 1.82) is 0 Å². The van der Waals surface area contributed by atoms with E-state index in [4.69, 9.17) is 5.73 Å². The summed E-state index contributed by atoms with van der Waals surface area (Å²) < 4.78 is 13.7. The summed E-state index contributed by atoms with van der Waals surface area (Å²) in [7, 11) is 0. The van der Waals surface area contributed by atoms with Gasteiger partial charge in [0.25, 0.3) is 5.91 Å². The van der Waals surface area contributed by atoms with Crippen LogP contribution in [0, 0.1) is 12.7 Å². The zero-order valence-corrected chi connectivity index (χ0v) is 12.3. The molecule has 0 saturated carbocycles. The molecule has 0 radical (unpaired) electrons. The van der Waals surface area contributed by atoms with Gasteiger partial charge in [-0.25, -0.2) is 4.39 Å². The first kappa shape index (κ1) is 14.2. The van der Waals surface area contributed by atoms with Crippen molar-refractivity contribution in [2.75, 3.05) is 18.0 Å². The second-order valence-electron chi connectivity index (χ2n) is 4.99. The highest BCUT2D eigenvalue weighted by molar-refractivity contribution is 8.00. The fourth-order valence-corrected chi connectivity index (χ4v) is 3.31. The van der Waals surface area contributed by atoms with E-state index in [9.17, 15) is 9.18 Å². The lowest BCUT2D eigenvalue weighted by Gasteiger charge is -2.37. The van der Waals surface area contributed by atoms with E-state index >= 15 is 0 Å². The molecule has 5 heteroatoms. The summed E-state index contributed by atoms with van der Waals surface area (Å²) in [6.07, 6.45) is 0. The highest BCUT2D eigenvalue weighted by atomic mass is 32.2. The lowest BCUT2D eigenvalue weighted by molar-refractivity contribution is 0.0697. The van der Waals surface area contributed by atoms with Gasteiger partial charge in [0.1, 0.15) is 5.82 Å². The van der Waals surface area contributed by atoms with Crippen LogP contribution in [0.5, 0.6) is 0 Å². The molecule has 0 aliphatic carbocycles. The normalized spacial score (nSPS) is 23.5. The molecule has 3 nitrogen and oxygen atoms in total. The maximum Gasteiger partial charge on any atom is 0.254 e. The van der Waals surface area contributed by atoms with Gasteiger partial charge in [-0.15, -0.1) is 0 Å². The van der Waals surface area contributed by atoms with Crippen molar-refractivity contribution in [2.45, 2.75) is 32.1 Å². The molecule has 104 valence electrons. The van der Waals surface area contributed by atoms with Crippen LogP contribution in [-0.4, -0.2) is 34.4 Å². The van der Waals surface area contributed by atoms with Gasteiger partial charge in [-0.3, -0.25) is 4.79 Å². The molecular weight excluding hydrogens is 263 g/mol. The number of nitrogen functional groups attached to an aromatic ring is 1. The van der Waals surface area contributed by atoms with E-state index in [2.05, 4.69) is 6.92 Å². The number of nitrogens with zero attached hydrogens (tertiary/aromatic N) is 1. The summed E-state index contributed by atoms with van der Waals surface area (Å²) in [5.41, 5.74) is 6.80. The molecule has 1 aliphatic heterocycles. The van der Waals surface area contributed by atoms with Crippen LogP contribution in [0.2, 0.25) is 0 Å². The summed E-state index contributed by atoms with van der Waals surface area (Å²) >= 11 is 1.86. The van der Waals surface area contributed by atoms with Crippen LogP contribution in [0.3, 0.4) is 0 Å². The van der Waals surface area contributed by atoms with Crippen molar-refractivity contribution in [2.24, 2.45) is 0 Å². The molecule has 2 unspecified atom stereocenters. The summed E-state index contributed by atoms with van der Waals surface area (Å²) in [5.74, 6) is 0.363. The van der Waals surface area contributed by atoms with E-state index in [0.29, 0.717) is 28.6 Å².